The lowest BCUT2D eigenvalue weighted by Crippen LogP contribution is -2.13. The van der Waals surface area contributed by atoms with Crippen molar-refractivity contribution in [3.05, 3.63) is 60.7 Å². The molecule has 0 fully saturated rings. The van der Waals surface area contributed by atoms with Crippen molar-refractivity contribution in [2.24, 2.45) is 0 Å². The van der Waals surface area contributed by atoms with Gasteiger partial charge in [-0.25, -0.2) is 0 Å². The van der Waals surface area contributed by atoms with E-state index in [1.54, 1.807) is 48.9 Å². The molecule has 0 aliphatic carbocycles. The third kappa shape index (κ3) is 2.40. The third-order valence-electron chi connectivity index (χ3n) is 2.62. The van der Waals surface area contributed by atoms with E-state index in [0.717, 1.165) is 11.0 Å². The minimum absolute atomic E-state index is 0.246. The summed E-state index contributed by atoms with van der Waals surface area (Å²) in [7, 11) is 0. The van der Waals surface area contributed by atoms with Gasteiger partial charge in [0.15, 0.2) is 0 Å². The Morgan fingerprint density at radius 2 is 1.74 bits per heavy atom. The van der Waals surface area contributed by atoms with Crippen LogP contribution >= 0.6 is 0 Å². The zero-order valence-corrected chi connectivity index (χ0v) is 9.95. The normalized spacial score (nSPS) is 10.3. The standard InChI is InChI=1S/C14H10N4O/c19-14(12-3-1-2-6-15-12)18-10-4-5-11-13(9-10)17-8-7-16-11/h1-9H,(H,18,19). The van der Waals surface area contributed by atoms with Crippen molar-refractivity contribution in [2.45, 2.75) is 0 Å². The summed E-state index contributed by atoms with van der Waals surface area (Å²) in [4.78, 5) is 24.3. The molecule has 1 amide bonds. The molecule has 1 aromatic carbocycles. The summed E-state index contributed by atoms with van der Waals surface area (Å²) < 4.78 is 0. The average molecular weight is 250 g/mol. The van der Waals surface area contributed by atoms with E-state index < -0.39 is 0 Å². The number of rotatable bonds is 2. The number of benzene rings is 1. The minimum Gasteiger partial charge on any atom is -0.321 e. The first-order chi connectivity index (χ1) is 9.33. The van der Waals surface area contributed by atoms with Crippen molar-refractivity contribution < 1.29 is 4.79 Å². The molecule has 5 heteroatoms. The van der Waals surface area contributed by atoms with E-state index in [1.807, 2.05) is 6.07 Å². The monoisotopic (exact) mass is 250 g/mol. The second-order valence-corrected chi connectivity index (χ2v) is 3.93. The smallest absolute Gasteiger partial charge is 0.274 e. The Bertz CT molecular complexity index is 728. The molecule has 0 unspecified atom stereocenters. The molecule has 0 aliphatic heterocycles. The fourth-order valence-corrected chi connectivity index (χ4v) is 1.73. The van der Waals surface area contributed by atoms with Crippen molar-refractivity contribution >= 4 is 22.6 Å². The summed E-state index contributed by atoms with van der Waals surface area (Å²) in [6.45, 7) is 0. The second-order valence-electron chi connectivity index (χ2n) is 3.93. The Morgan fingerprint density at radius 1 is 0.895 bits per heavy atom. The maximum absolute atomic E-state index is 11.9. The van der Waals surface area contributed by atoms with Gasteiger partial charge in [0.2, 0.25) is 0 Å². The number of aromatic nitrogens is 3. The van der Waals surface area contributed by atoms with Crippen LogP contribution in [-0.2, 0) is 0 Å². The lowest BCUT2D eigenvalue weighted by molar-refractivity contribution is 0.102. The molecule has 0 atom stereocenters. The maximum Gasteiger partial charge on any atom is 0.274 e. The van der Waals surface area contributed by atoms with Crippen molar-refractivity contribution in [2.75, 3.05) is 5.32 Å². The van der Waals surface area contributed by atoms with E-state index in [9.17, 15) is 4.79 Å². The summed E-state index contributed by atoms with van der Waals surface area (Å²) in [6.07, 6.45) is 4.84. The quantitative estimate of drug-likeness (QED) is 0.757. The molecule has 5 nitrogen and oxygen atoms in total. The van der Waals surface area contributed by atoms with Gasteiger partial charge in [-0.05, 0) is 30.3 Å². The summed E-state index contributed by atoms with van der Waals surface area (Å²) in [5.74, 6) is -0.246. The average Bonchev–Trinajstić information content (AvgIpc) is 2.48. The van der Waals surface area contributed by atoms with Crippen LogP contribution in [0.2, 0.25) is 0 Å². The Morgan fingerprint density at radius 3 is 2.53 bits per heavy atom. The number of nitrogens with zero attached hydrogens (tertiary/aromatic N) is 3. The van der Waals surface area contributed by atoms with Crippen LogP contribution in [0.1, 0.15) is 10.5 Å². The van der Waals surface area contributed by atoms with Gasteiger partial charge in [0.25, 0.3) is 5.91 Å². The van der Waals surface area contributed by atoms with Crippen LogP contribution in [0, 0.1) is 0 Å². The lowest BCUT2D eigenvalue weighted by Gasteiger charge is -2.05. The molecular weight excluding hydrogens is 240 g/mol. The molecule has 0 bridgehead atoms. The topological polar surface area (TPSA) is 67.8 Å². The van der Waals surface area contributed by atoms with Crippen LogP contribution in [0.4, 0.5) is 5.69 Å². The Hall–Kier alpha value is -2.82. The van der Waals surface area contributed by atoms with Gasteiger partial charge in [-0.1, -0.05) is 6.07 Å². The van der Waals surface area contributed by atoms with Gasteiger partial charge >= 0.3 is 0 Å². The second kappa shape index (κ2) is 4.81. The fourth-order valence-electron chi connectivity index (χ4n) is 1.73. The van der Waals surface area contributed by atoms with Crippen molar-refractivity contribution in [3.63, 3.8) is 0 Å². The van der Waals surface area contributed by atoms with E-state index in [4.69, 9.17) is 0 Å². The number of anilines is 1. The first-order valence-corrected chi connectivity index (χ1v) is 5.76. The first-order valence-electron chi connectivity index (χ1n) is 5.76. The zero-order chi connectivity index (χ0) is 13.1. The third-order valence-corrected chi connectivity index (χ3v) is 2.62. The van der Waals surface area contributed by atoms with Gasteiger partial charge in [-0.3, -0.25) is 19.7 Å². The molecule has 3 aromatic rings. The van der Waals surface area contributed by atoms with Crippen molar-refractivity contribution in [1.82, 2.24) is 15.0 Å². The molecule has 0 radical (unpaired) electrons. The van der Waals surface area contributed by atoms with Crippen LogP contribution in [0.5, 0.6) is 0 Å². The van der Waals surface area contributed by atoms with Gasteiger partial charge in [0, 0.05) is 24.3 Å². The molecule has 0 saturated heterocycles. The number of carbonyl (C=O) groups is 1. The predicted octanol–water partition coefficient (Wildman–Crippen LogP) is 2.28. The maximum atomic E-state index is 11.9. The van der Waals surface area contributed by atoms with Crippen LogP contribution in [0.15, 0.2) is 55.0 Å². The van der Waals surface area contributed by atoms with E-state index in [-0.39, 0.29) is 5.91 Å². The van der Waals surface area contributed by atoms with Gasteiger partial charge in [-0.15, -0.1) is 0 Å². The number of amides is 1. The van der Waals surface area contributed by atoms with Crippen molar-refractivity contribution in [3.8, 4) is 0 Å². The number of hydrogen-bond donors (Lipinski definition) is 1. The summed E-state index contributed by atoms with van der Waals surface area (Å²) in [5.41, 5.74) is 2.57. The Balaban J connectivity index is 1.87. The Kier molecular flexibility index (Phi) is 2.86. The largest absolute Gasteiger partial charge is 0.321 e. The number of fused-ring (bicyclic) bond motifs is 1. The van der Waals surface area contributed by atoms with Crippen LogP contribution in [0.25, 0.3) is 11.0 Å². The molecule has 19 heavy (non-hydrogen) atoms. The highest BCUT2D eigenvalue weighted by atomic mass is 16.1. The number of hydrogen-bond acceptors (Lipinski definition) is 4. The summed E-state index contributed by atoms with van der Waals surface area (Å²) in [6, 6.07) is 10.6. The molecule has 0 saturated carbocycles. The molecule has 2 aromatic heterocycles. The molecule has 0 aliphatic rings. The van der Waals surface area contributed by atoms with Gasteiger partial charge in [0.1, 0.15) is 5.69 Å². The molecule has 92 valence electrons. The molecule has 2 heterocycles. The van der Waals surface area contributed by atoms with Crippen LogP contribution in [-0.4, -0.2) is 20.9 Å². The van der Waals surface area contributed by atoms with E-state index in [0.29, 0.717) is 11.4 Å². The van der Waals surface area contributed by atoms with Crippen LogP contribution < -0.4 is 5.32 Å². The number of nitrogens with one attached hydrogen (secondary N) is 1. The minimum atomic E-state index is -0.246. The van der Waals surface area contributed by atoms with E-state index in [1.165, 1.54) is 0 Å². The molecule has 3 rings (SSSR count). The molecule has 0 spiro atoms. The van der Waals surface area contributed by atoms with E-state index in [2.05, 4.69) is 20.3 Å². The summed E-state index contributed by atoms with van der Waals surface area (Å²) >= 11 is 0. The Labute approximate surface area is 109 Å². The number of pyridine rings is 1. The SMILES string of the molecule is O=C(Nc1ccc2nccnc2c1)c1ccccn1. The highest BCUT2D eigenvalue weighted by Gasteiger charge is 2.07. The lowest BCUT2D eigenvalue weighted by atomic mass is 10.2. The van der Waals surface area contributed by atoms with Gasteiger partial charge in [-0.2, -0.15) is 0 Å². The first kappa shape index (κ1) is 11.3. The zero-order valence-electron chi connectivity index (χ0n) is 9.95. The molecular formula is C14H10N4O. The fraction of sp³-hybridized carbons (Fsp3) is 0. The van der Waals surface area contributed by atoms with E-state index >= 15 is 0 Å². The summed E-state index contributed by atoms with van der Waals surface area (Å²) in [5, 5.41) is 2.78. The highest BCUT2D eigenvalue weighted by molar-refractivity contribution is 6.03. The van der Waals surface area contributed by atoms with Gasteiger partial charge < -0.3 is 5.32 Å². The van der Waals surface area contributed by atoms with Crippen LogP contribution in [0.3, 0.4) is 0 Å². The molecule has 1 N–H and O–H groups in total. The number of carbonyl (C=O) groups excluding carboxylic acids is 1. The van der Waals surface area contributed by atoms with Crippen molar-refractivity contribution in [1.29, 1.82) is 0 Å². The predicted molar refractivity (Wildman–Crippen MR) is 71.7 cm³/mol. The van der Waals surface area contributed by atoms with Gasteiger partial charge in [0.05, 0.1) is 11.0 Å². The highest BCUT2D eigenvalue weighted by Crippen LogP contribution is 2.15.